The van der Waals surface area contributed by atoms with E-state index in [1.54, 1.807) is 6.26 Å². The van der Waals surface area contributed by atoms with Gasteiger partial charge in [-0.05, 0) is 31.7 Å². The molecule has 0 radical (unpaired) electrons. The van der Waals surface area contributed by atoms with Crippen molar-refractivity contribution in [2.75, 3.05) is 18.4 Å². The third kappa shape index (κ3) is 2.32. The Hall–Kier alpha value is -0.770. The monoisotopic (exact) mass is 285 g/mol. The van der Waals surface area contributed by atoms with Crippen molar-refractivity contribution in [2.45, 2.75) is 19.8 Å². The molecule has 0 saturated carbocycles. The summed E-state index contributed by atoms with van der Waals surface area (Å²) >= 11 is 3.44. The zero-order chi connectivity index (χ0) is 11.5. The van der Waals surface area contributed by atoms with E-state index in [0.717, 1.165) is 36.8 Å². The molecule has 0 bridgehead atoms. The summed E-state index contributed by atoms with van der Waals surface area (Å²) in [7, 11) is 0. The number of furan rings is 1. The Morgan fingerprint density at radius 3 is 3.12 bits per heavy atom. The van der Waals surface area contributed by atoms with Gasteiger partial charge in [-0.15, -0.1) is 0 Å². The second-order valence-electron chi connectivity index (χ2n) is 4.32. The van der Waals surface area contributed by atoms with Gasteiger partial charge in [-0.3, -0.25) is 4.79 Å². The molecule has 1 aromatic heterocycles. The lowest BCUT2D eigenvalue weighted by Crippen LogP contribution is -2.28. The molecular formula is C12H16BrNO2. The zero-order valence-corrected chi connectivity index (χ0v) is 11.0. The van der Waals surface area contributed by atoms with Crippen LogP contribution in [-0.2, 0) is 0 Å². The summed E-state index contributed by atoms with van der Waals surface area (Å²) in [4.78, 5) is 14.0. The fraction of sp³-hybridized carbons (Fsp3) is 0.583. The van der Waals surface area contributed by atoms with Crippen molar-refractivity contribution < 1.29 is 9.21 Å². The molecule has 0 aromatic carbocycles. The van der Waals surface area contributed by atoms with Crippen LogP contribution < -0.4 is 0 Å². The topological polar surface area (TPSA) is 33.5 Å². The third-order valence-electron chi connectivity index (χ3n) is 3.15. The lowest BCUT2D eigenvalue weighted by molar-refractivity contribution is 0.0754. The molecule has 1 amide bonds. The number of hydrogen-bond donors (Lipinski definition) is 0. The number of aryl methyl sites for hydroxylation is 1. The van der Waals surface area contributed by atoms with Gasteiger partial charge in [0.15, 0.2) is 5.76 Å². The number of carbonyl (C=O) groups excluding carboxylic acids is 1. The minimum absolute atomic E-state index is 0.0413. The lowest BCUT2D eigenvalue weighted by Gasteiger charge is -2.15. The number of carbonyl (C=O) groups is 1. The average Bonchev–Trinajstić information content (AvgIpc) is 2.87. The van der Waals surface area contributed by atoms with Crippen LogP contribution in [0.25, 0.3) is 0 Å². The second-order valence-corrected chi connectivity index (χ2v) is 5.11. The van der Waals surface area contributed by atoms with Crippen LogP contribution in [0.5, 0.6) is 0 Å². The van der Waals surface area contributed by atoms with Crippen LogP contribution in [0.4, 0.5) is 0 Å². The molecule has 1 saturated heterocycles. The first kappa shape index (κ1) is 11.7. The van der Waals surface area contributed by atoms with E-state index in [1.807, 2.05) is 17.9 Å². The van der Waals surface area contributed by atoms with Crippen molar-refractivity contribution in [3.05, 3.63) is 23.7 Å². The molecule has 4 heteroatoms. The molecule has 0 N–H and O–H groups in total. The van der Waals surface area contributed by atoms with Crippen molar-refractivity contribution in [2.24, 2.45) is 5.92 Å². The van der Waals surface area contributed by atoms with E-state index in [1.165, 1.54) is 0 Å². The van der Waals surface area contributed by atoms with Gasteiger partial charge in [0.25, 0.3) is 5.91 Å². The molecule has 3 nitrogen and oxygen atoms in total. The molecule has 1 unspecified atom stereocenters. The number of nitrogens with zero attached hydrogens (tertiary/aromatic N) is 1. The van der Waals surface area contributed by atoms with Crippen LogP contribution in [0.1, 0.15) is 29.0 Å². The standard InChI is InChI=1S/C12H16BrNO2/c1-9-4-7-16-11(9)12(15)14-6-3-10(8-14)2-5-13/h4,7,10H,2-3,5-6,8H2,1H3. The maximum absolute atomic E-state index is 12.1. The SMILES string of the molecule is Cc1ccoc1C(=O)N1CCC(CCBr)C1. The first-order valence-corrected chi connectivity index (χ1v) is 6.74. The van der Waals surface area contributed by atoms with Crippen molar-refractivity contribution in [3.8, 4) is 0 Å². The fourth-order valence-electron chi connectivity index (χ4n) is 2.14. The summed E-state index contributed by atoms with van der Waals surface area (Å²) < 4.78 is 5.23. The van der Waals surface area contributed by atoms with E-state index in [9.17, 15) is 4.79 Å². The van der Waals surface area contributed by atoms with Gasteiger partial charge in [-0.1, -0.05) is 15.9 Å². The highest BCUT2D eigenvalue weighted by molar-refractivity contribution is 9.09. The Labute approximate surface area is 104 Å². The van der Waals surface area contributed by atoms with Crippen molar-refractivity contribution in [1.82, 2.24) is 4.90 Å². The molecule has 1 fully saturated rings. The molecule has 0 aliphatic carbocycles. The maximum atomic E-state index is 12.1. The van der Waals surface area contributed by atoms with Crippen LogP contribution in [0.15, 0.2) is 16.7 Å². The van der Waals surface area contributed by atoms with Crippen LogP contribution in [-0.4, -0.2) is 29.2 Å². The number of likely N-dealkylation sites (tertiary alicyclic amines) is 1. The molecule has 2 rings (SSSR count). The summed E-state index contributed by atoms with van der Waals surface area (Å²) in [5.41, 5.74) is 0.925. The van der Waals surface area contributed by atoms with Gasteiger partial charge in [0, 0.05) is 24.0 Å². The summed E-state index contributed by atoms with van der Waals surface area (Å²) in [6.45, 7) is 3.63. The van der Waals surface area contributed by atoms with Crippen LogP contribution in [0, 0.1) is 12.8 Å². The summed E-state index contributed by atoms with van der Waals surface area (Å²) in [6.07, 6.45) is 3.83. The van der Waals surface area contributed by atoms with E-state index >= 15 is 0 Å². The minimum atomic E-state index is 0.0413. The molecular weight excluding hydrogens is 270 g/mol. The van der Waals surface area contributed by atoms with Gasteiger partial charge in [0.05, 0.1) is 6.26 Å². The van der Waals surface area contributed by atoms with Gasteiger partial charge in [-0.25, -0.2) is 0 Å². The Kier molecular flexibility index (Phi) is 3.69. The van der Waals surface area contributed by atoms with Crippen LogP contribution >= 0.6 is 15.9 Å². The van der Waals surface area contributed by atoms with E-state index in [0.29, 0.717) is 11.7 Å². The summed E-state index contributed by atoms with van der Waals surface area (Å²) in [6, 6.07) is 1.83. The first-order valence-electron chi connectivity index (χ1n) is 5.61. The quantitative estimate of drug-likeness (QED) is 0.801. The first-order chi connectivity index (χ1) is 7.72. The van der Waals surface area contributed by atoms with Gasteiger partial charge in [0.2, 0.25) is 0 Å². The second kappa shape index (κ2) is 5.04. The normalized spacial score (nSPS) is 20.4. The van der Waals surface area contributed by atoms with E-state index < -0.39 is 0 Å². The lowest BCUT2D eigenvalue weighted by atomic mass is 10.1. The Bertz CT molecular complexity index is 375. The number of rotatable bonds is 3. The van der Waals surface area contributed by atoms with Crippen LogP contribution in [0.3, 0.4) is 0 Å². The van der Waals surface area contributed by atoms with Crippen molar-refractivity contribution in [1.29, 1.82) is 0 Å². The van der Waals surface area contributed by atoms with E-state index in [4.69, 9.17) is 4.42 Å². The van der Waals surface area contributed by atoms with Gasteiger partial charge < -0.3 is 9.32 Å². The number of alkyl halides is 1. The molecule has 1 atom stereocenters. The van der Waals surface area contributed by atoms with Gasteiger partial charge in [0.1, 0.15) is 0 Å². The Morgan fingerprint density at radius 2 is 2.50 bits per heavy atom. The Balaban J connectivity index is 2.00. The highest BCUT2D eigenvalue weighted by atomic mass is 79.9. The molecule has 16 heavy (non-hydrogen) atoms. The maximum Gasteiger partial charge on any atom is 0.289 e. The van der Waals surface area contributed by atoms with Crippen molar-refractivity contribution >= 4 is 21.8 Å². The van der Waals surface area contributed by atoms with Gasteiger partial charge >= 0.3 is 0 Å². The predicted molar refractivity (Wildman–Crippen MR) is 65.9 cm³/mol. The summed E-state index contributed by atoms with van der Waals surface area (Å²) in [5.74, 6) is 1.18. The summed E-state index contributed by atoms with van der Waals surface area (Å²) in [5, 5.41) is 1.01. The van der Waals surface area contributed by atoms with E-state index in [2.05, 4.69) is 15.9 Å². The number of amides is 1. The minimum Gasteiger partial charge on any atom is -0.459 e. The zero-order valence-electron chi connectivity index (χ0n) is 9.41. The molecule has 1 aromatic rings. The largest absolute Gasteiger partial charge is 0.459 e. The average molecular weight is 286 g/mol. The van der Waals surface area contributed by atoms with E-state index in [-0.39, 0.29) is 5.91 Å². The smallest absolute Gasteiger partial charge is 0.289 e. The molecule has 2 heterocycles. The van der Waals surface area contributed by atoms with Gasteiger partial charge in [-0.2, -0.15) is 0 Å². The molecule has 1 aliphatic heterocycles. The highest BCUT2D eigenvalue weighted by Gasteiger charge is 2.28. The molecule has 0 spiro atoms. The van der Waals surface area contributed by atoms with Crippen molar-refractivity contribution in [3.63, 3.8) is 0 Å². The molecule has 88 valence electrons. The predicted octanol–water partition coefficient (Wildman–Crippen LogP) is 2.84. The number of halogens is 1. The highest BCUT2D eigenvalue weighted by Crippen LogP contribution is 2.23. The number of hydrogen-bond acceptors (Lipinski definition) is 2. The fourth-order valence-corrected chi connectivity index (χ4v) is 2.79. The Morgan fingerprint density at radius 1 is 1.69 bits per heavy atom. The molecule has 1 aliphatic rings. The third-order valence-corrected chi connectivity index (χ3v) is 3.60. The van der Waals surface area contributed by atoms with Crippen LogP contribution in [0.2, 0.25) is 0 Å².